The average molecular weight is 278 g/mol. The van der Waals surface area contributed by atoms with Crippen molar-refractivity contribution in [3.8, 4) is 0 Å². The summed E-state index contributed by atoms with van der Waals surface area (Å²) in [6.07, 6.45) is 2.46. The Kier molecular flexibility index (Phi) is 5.34. The maximum absolute atomic E-state index is 12.1. The Hall–Kier alpha value is -0.200. The summed E-state index contributed by atoms with van der Waals surface area (Å²) < 4.78 is 25.8. The van der Waals surface area contributed by atoms with Crippen molar-refractivity contribution in [1.29, 1.82) is 0 Å². The van der Waals surface area contributed by atoms with Gasteiger partial charge in [-0.2, -0.15) is 0 Å². The van der Waals surface area contributed by atoms with Crippen molar-refractivity contribution in [2.75, 3.05) is 18.8 Å². The van der Waals surface area contributed by atoms with Gasteiger partial charge in [-0.1, -0.05) is 26.1 Å². The molecule has 17 heavy (non-hydrogen) atoms. The predicted molar refractivity (Wildman–Crippen MR) is 74.3 cm³/mol. The van der Waals surface area contributed by atoms with Crippen LogP contribution in [0, 0.1) is 11.8 Å². The maximum atomic E-state index is 12.1. The zero-order chi connectivity index (χ0) is 13.1. The highest BCUT2D eigenvalue weighted by molar-refractivity contribution is 7.89. The van der Waals surface area contributed by atoms with Crippen LogP contribution < -0.4 is 5.73 Å². The minimum atomic E-state index is -3.13. The molecule has 2 N–H and O–H groups in total. The Morgan fingerprint density at radius 1 is 1.53 bits per heavy atom. The molecular weight excluding hydrogens is 256 g/mol. The number of hydrogen-bond acceptors (Lipinski definition) is 3. The molecule has 0 amide bonds. The molecule has 0 spiro atoms. The Labute approximate surface area is 110 Å². The van der Waals surface area contributed by atoms with Crippen molar-refractivity contribution >= 4 is 27.2 Å². The van der Waals surface area contributed by atoms with Crippen LogP contribution in [0.3, 0.4) is 0 Å². The summed E-state index contributed by atoms with van der Waals surface area (Å²) in [6.45, 7) is 5.14. The standard InChI is InChI=1S/C11H22N2O2S2/c1-9(2)5-7-17(14,15)13-6-3-4-10(8-13)11(12)16/h9-10H,3-8H2,1-2H3,(H2,12,16). The van der Waals surface area contributed by atoms with Crippen LogP contribution in [-0.2, 0) is 10.0 Å². The third-order valence-corrected chi connectivity index (χ3v) is 5.34. The van der Waals surface area contributed by atoms with Crippen molar-refractivity contribution in [2.45, 2.75) is 33.1 Å². The molecule has 0 saturated carbocycles. The van der Waals surface area contributed by atoms with Gasteiger partial charge in [0.2, 0.25) is 10.0 Å². The zero-order valence-electron chi connectivity index (χ0n) is 10.6. The highest BCUT2D eigenvalue weighted by Crippen LogP contribution is 2.20. The summed E-state index contributed by atoms with van der Waals surface area (Å²) >= 11 is 4.95. The summed E-state index contributed by atoms with van der Waals surface area (Å²) in [5.41, 5.74) is 5.60. The highest BCUT2D eigenvalue weighted by atomic mass is 32.2. The van der Waals surface area contributed by atoms with Gasteiger partial charge in [0.1, 0.15) is 0 Å². The van der Waals surface area contributed by atoms with Gasteiger partial charge < -0.3 is 5.73 Å². The average Bonchev–Trinajstić information content (AvgIpc) is 2.27. The molecule has 1 aliphatic rings. The first kappa shape index (κ1) is 14.9. The lowest BCUT2D eigenvalue weighted by atomic mass is 10.0. The Morgan fingerprint density at radius 3 is 2.71 bits per heavy atom. The summed E-state index contributed by atoms with van der Waals surface area (Å²) in [4.78, 5) is 0.439. The van der Waals surface area contributed by atoms with E-state index in [0.29, 0.717) is 30.4 Å². The molecule has 1 aliphatic heterocycles. The number of hydrogen-bond donors (Lipinski definition) is 1. The Bertz CT molecular complexity index is 366. The number of rotatable bonds is 5. The number of nitrogens with zero attached hydrogens (tertiary/aromatic N) is 1. The van der Waals surface area contributed by atoms with Crippen molar-refractivity contribution < 1.29 is 8.42 Å². The molecule has 0 aromatic heterocycles. The fourth-order valence-corrected chi connectivity index (χ4v) is 3.98. The second kappa shape index (κ2) is 6.11. The Morgan fingerprint density at radius 2 is 2.18 bits per heavy atom. The van der Waals surface area contributed by atoms with Crippen LogP contribution in [0.25, 0.3) is 0 Å². The van der Waals surface area contributed by atoms with Crippen LogP contribution in [0.4, 0.5) is 0 Å². The van der Waals surface area contributed by atoms with Crippen LogP contribution >= 0.6 is 12.2 Å². The topological polar surface area (TPSA) is 63.4 Å². The summed E-state index contributed by atoms with van der Waals surface area (Å²) in [5, 5.41) is 0. The molecule has 4 nitrogen and oxygen atoms in total. The van der Waals surface area contributed by atoms with Crippen LogP contribution in [0.15, 0.2) is 0 Å². The van der Waals surface area contributed by atoms with Crippen molar-refractivity contribution in [1.82, 2.24) is 4.31 Å². The molecule has 1 fully saturated rings. The van der Waals surface area contributed by atoms with E-state index in [1.54, 1.807) is 4.31 Å². The van der Waals surface area contributed by atoms with E-state index in [9.17, 15) is 8.42 Å². The second-order valence-corrected chi connectivity index (χ2v) is 7.66. The van der Waals surface area contributed by atoms with Crippen molar-refractivity contribution in [3.05, 3.63) is 0 Å². The lowest BCUT2D eigenvalue weighted by molar-refractivity contribution is 0.311. The molecule has 0 bridgehead atoms. The number of nitrogens with two attached hydrogens (primary N) is 1. The first-order chi connectivity index (χ1) is 7.83. The van der Waals surface area contributed by atoms with Crippen LogP contribution in [0.2, 0.25) is 0 Å². The van der Waals surface area contributed by atoms with Gasteiger partial charge in [-0.05, 0) is 25.2 Å². The van der Waals surface area contributed by atoms with Crippen molar-refractivity contribution in [2.24, 2.45) is 17.6 Å². The molecule has 0 aromatic rings. The maximum Gasteiger partial charge on any atom is 0.214 e. The smallest absolute Gasteiger partial charge is 0.214 e. The van der Waals surface area contributed by atoms with Gasteiger partial charge in [0, 0.05) is 19.0 Å². The Balaban J connectivity index is 2.62. The molecule has 1 heterocycles. The SMILES string of the molecule is CC(C)CCS(=O)(=O)N1CCCC(C(N)=S)C1. The first-order valence-corrected chi connectivity index (χ1v) is 8.12. The third kappa shape index (κ3) is 4.52. The molecule has 0 radical (unpaired) electrons. The summed E-state index contributed by atoms with van der Waals surface area (Å²) in [6, 6.07) is 0. The molecule has 0 aromatic carbocycles. The van der Waals surface area contributed by atoms with E-state index in [0.717, 1.165) is 12.8 Å². The molecule has 1 rings (SSSR count). The normalized spacial score (nSPS) is 22.9. The van der Waals surface area contributed by atoms with Gasteiger partial charge in [0.15, 0.2) is 0 Å². The quantitative estimate of drug-likeness (QED) is 0.771. The number of piperidine rings is 1. The van der Waals surface area contributed by atoms with Gasteiger partial charge in [0.25, 0.3) is 0 Å². The van der Waals surface area contributed by atoms with E-state index < -0.39 is 10.0 Å². The molecule has 1 saturated heterocycles. The molecule has 1 unspecified atom stereocenters. The molecule has 100 valence electrons. The van der Waals surface area contributed by atoms with E-state index >= 15 is 0 Å². The fraction of sp³-hybridized carbons (Fsp3) is 0.909. The van der Waals surface area contributed by atoms with E-state index in [2.05, 4.69) is 0 Å². The highest BCUT2D eigenvalue weighted by Gasteiger charge is 2.29. The van der Waals surface area contributed by atoms with E-state index in [-0.39, 0.29) is 11.7 Å². The minimum absolute atomic E-state index is 0.0487. The lowest BCUT2D eigenvalue weighted by Gasteiger charge is -2.31. The largest absolute Gasteiger partial charge is 0.393 e. The lowest BCUT2D eigenvalue weighted by Crippen LogP contribution is -2.44. The number of sulfonamides is 1. The van der Waals surface area contributed by atoms with Crippen molar-refractivity contribution in [3.63, 3.8) is 0 Å². The van der Waals surface area contributed by atoms with Crippen LogP contribution in [0.5, 0.6) is 0 Å². The second-order valence-electron chi connectivity index (χ2n) is 5.10. The van der Waals surface area contributed by atoms with Crippen LogP contribution in [-0.4, -0.2) is 36.6 Å². The van der Waals surface area contributed by atoms with Crippen LogP contribution in [0.1, 0.15) is 33.1 Å². The number of thiocarbonyl (C=S) groups is 1. The summed E-state index contributed by atoms with van der Waals surface area (Å²) in [7, 11) is -3.13. The fourth-order valence-electron chi connectivity index (χ4n) is 1.94. The van der Waals surface area contributed by atoms with Gasteiger partial charge in [-0.3, -0.25) is 0 Å². The molecular formula is C11H22N2O2S2. The third-order valence-electron chi connectivity index (χ3n) is 3.13. The first-order valence-electron chi connectivity index (χ1n) is 6.10. The van der Waals surface area contributed by atoms with E-state index in [1.165, 1.54) is 0 Å². The molecule has 1 atom stereocenters. The van der Waals surface area contributed by atoms with Gasteiger partial charge >= 0.3 is 0 Å². The van der Waals surface area contributed by atoms with E-state index in [4.69, 9.17) is 18.0 Å². The van der Waals surface area contributed by atoms with Gasteiger partial charge in [-0.25, -0.2) is 12.7 Å². The monoisotopic (exact) mass is 278 g/mol. The molecule has 0 aliphatic carbocycles. The minimum Gasteiger partial charge on any atom is -0.393 e. The van der Waals surface area contributed by atoms with Gasteiger partial charge in [0.05, 0.1) is 10.7 Å². The summed E-state index contributed by atoms with van der Waals surface area (Å²) in [5.74, 6) is 0.683. The van der Waals surface area contributed by atoms with E-state index in [1.807, 2.05) is 13.8 Å². The predicted octanol–water partition coefficient (Wildman–Crippen LogP) is 1.36. The molecule has 6 heteroatoms. The van der Waals surface area contributed by atoms with Gasteiger partial charge in [-0.15, -0.1) is 0 Å². The zero-order valence-corrected chi connectivity index (χ0v) is 12.2.